The molecule has 0 saturated heterocycles. The van der Waals surface area contributed by atoms with Crippen LogP contribution in [0.5, 0.6) is 0 Å². The lowest BCUT2D eigenvalue weighted by atomic mass is 10.1. The standard InChI is InChI=1S/C16H15NO3/c1-11-6-5-7-12(10-11)15(18)17(2)14-9-4-3-8-13(14)16(19)20/h3-10H,1-2H3,(H,19,20). The summed E-state index contributed by atoms with van der Waals surface area (Å²) in [5.74, 6) is -1.29. The van der Waals surface area contributed by atoms with Crippen molar-refractivity contribution in [2.24, 2.45) is 0 Å². The second-order valence-electron chi connectivity index (χ2n) is 4.56. The average Bonchev–Trinajstić information content (AvgIpc) is 2.45. The maximum atomic E-state index is 12.4. The molecule has 2 aromatic rings. The van der Waals surface area contributed by atoms with E-state index >= 15 is 0 Å². The molecule has 0 bridgehead atoms. The smallest absolute Gasteiger partial charge is 0.337 e. The zero-order valence-electron chi connectivity index (χ0n) is 11.3. The second-order valence-corrected chi connectivity index (χ2v) is 4.56. The zero-order chi connectivity index (χ0) is 14.7. The number of para-hydroxylation sites is 1. The monoisotopic (exact) mass is 269 g/mol. The lowest BCUT2D eigenvalue weighted by molar-refractivity contribution is 0.0697. The first-order valence-electron chi connectivity index (χ1n) is 6.17. The molecule has 0 saturated carbocycles. The van der Waals surface area contributed by atoms with E-state index in [4.69, 9.17) is 0 Å². The number of carboxylic acid groups (broad SMARTS) is 1. The topological polar surface area (TPSA) is 57.6 Å². The first-order chi connectivity index (χ1) is 9.50. The maximum absolute atomic E-state index is 12.4. The summed E-state index contributed by atoms with van der Waals surface area (Å²) >= 11 is 0. The van der Waals surface area contributed by atoms with Crippen LogP contribution in [-0.2, 0) is 0 Å². The number of amides is 1. The second kappa shape index (κ2) is 5.57. The van der Waals surface area contributed by atoms with Crippen LogP contribution in [-0.4, -0.2) is 24.0 Å². The van der Waals surface area contributed by atoms with Gasteiger partial charge in [0.15, 0.2) is 0 Å². The van der Waals surface area contributed by atoms with Crippen molar-refractivity contribution in [2.75, 3.05) is 11.9 Å². The van der Waals surface area contributed by atoms with E-state index < -0.39 is 5.97 Å². The summed E-state index contributed by atoms with van der Waals surface area (Å²) in [7, 11) is 1.58. The van der Waals surface area contributed by atoms with Crippen LogP contribution in [0.15, 0.2) is 48.5 Å². The fourth-order valence-corrected chi connectivity index (χ4v) is 2.03. The van der Waals surface area contributed by atoms with Gasteiger partial charge in [-0.2, -0.15) is 0 Å². The fourth-order valence-electron chi connectivity index (χ4n) is 2.03. The Bertz CT molecular complexity index is 664. The molecule has 0 aromatic heterocycles. The molecule has 0 heterocycles. The molecule has 1 amide bonds. The van der Waals surface area contributed by atoms with Crippen molar-refractivity contribution < 1.29 is 14.7 Å². The van der Waals surface area contributed by atoms with Crippen molar-refractivity contribution in [3.63, 3.8) is 0 Å². The minimum atomic E-state index is -1.05. The van der Waals surface area contributed by atoms with E-state index in [9.17, 15) is 14.7 Å². The molecule has 0 fully saturated rings. The Hall–Kier alpha value is -2.62. The Morgan fingerprint density at radius 3 is 2.40 bits per heavy atom. The summed E-state index contributed by atoms with van der Waals surface area (Å²) in [4.78, 5) is 25.0. The quantitative estimate of drug-likeness (QED) is 0.932. The molecule has 1 N–H and O–H groups in total. The van der Waals surface area contributed by atoms with E-state index in [1.807, 2.05) is 13.0 Å². The van der Waals surface area contributed by atoms with Crippen LogP contribution >= 0.6 is 0 Å². The van der Waals surface area contributed by atoms with Gasteiger partial charge >= 0.3 is 5.97 Å². The van der Waals surface area contributed by atoms with Gasteiger partial charge in [0, 0.05) is 12.6 Å². The van der Waals surface area contributed by atoms with Gasteiger partial charge in [0.2, 0.25) is 0 Å². The number of aromatic carboxylic acids is 1. The Morgan fingerprint density at radius 2 is 1.75 bits per heavy atom. The largest absolute Gasteiger partial charge is 0.478 e. The third-order valence-corrected chi connectivity index (χ3v) is 3.07. The van der Waals surface area contributed by atoms with Crippen LogP contribution < -0.4 is 4.90 Å². The normalized spacial score (nSPS) is 10.1. The van der Waals surface area contributed by atoms with Crippen LogP contribution in [0.2, 0.25) is 0 Å². The number of carbonyl (C=O) groups is 2. The molecule has 20 heavy (non-hydrogen) atoms. The summed E-state index contributed by atoms with van der Waals surface area (Å²) in [6.07, 6.45) is 0. The minimum Gasteiger partial charge on any atom is -0.478 e. The molecule has 0 spiro atoms. The molecule has 0 atom stereocenters. The van der Waals surface area contributed by atoms with E-state index in [0.29, 0.717) is 11.3 Å². The summed E-state index contributed by atoms with van der Waals surface area (Å²) in [6, 6.07) is 13.7. The van der Waals surface area contributed by atoms with Crippen LogP contribution in [0.4, 0.5) is 5.69 Å². The van der Waals surface area contributed by atoms with Gasteiger partial charge in [-0.3, -0.25) is 4.79 Å². The Balaban J connectivity index is 2.39. The van der Waals surface area contributed by atoms with Crippen molar-refractivity contribution in [1.82, 2.24) is 0 Å². The number of nitrogens with zero attached hydrogens (tertiary/aromatic N) is 1. The summed E-state index contributed by atoms with van der Waals surface area (Å²) < 4.78 is 0. The molecule has 2 rings (SSSR count). The lowest BCUT2D eigenvalue weighted by Crippen LogP contribution is -2.27. The van der Waals surface area contributed by atoms with Gasteiger partial charge in [-0.1, -0.05) is 29.8 Å². The summed E-state index contributed by atoms with van der Waals surface area (Å²) in [6.45, 7) is 1.90. The van der Waals surface area contributed by atoms with Gasteiger partial charge in [0.25, 0.3) is 5.91 Å². The van der Waals surface area contributed by atoms with Gasteiger partial charge in [-0.25, -0.2) is 4.79 Å². The third kappa shape index (κ3) is 2.69. The number of carbonyl (C=O) groups excluding carboxylic acids is 1. The van der Waals surface area contributed by atoms with Gasteiger partial charge < -0.3 is 10.0 Å². The first kappa shape index (κ1) is 13.8. The molecule has 0 unspecified atom stereocenters. The molecular weight excluding hydrogens is 254 g/mol. The molecule has 4 nitrogen and oxygen atoms in total. The SMILES string of the molecule is Cc1cccc(C(=O)N(C)c2ccccc2C(=O)O)c1. The Morgan fingerprint density at radius 1 is 1.05 bits per heavy atom. The Kier molecular flexibility index (Phi) is 3.84. The van der Waals surface area contributed by atoms with E-state index in [-0.39, 0.29) is 11.5 Å². The highest BCUT2D eigenvalue weighted by Gasteiger charge is 2.18. The predicted octanol–water partition coefficient (Wildman–Crippen LogP) is 2.97. The van der Waals surface area contributed by atoms with E-state index in [1.165, 1.54) is 11.0 Å². The molecule has 102 valence electrons. The Labute approximate surface area is 117 Å². The molecular formula is C16H15NO3. The molecule has 4 heteroatoms. The highest BCUT2D eigenvalue weighted by atomic mass is 16.4. The third-order valence-electron chi connectivity index (χ3n) is 3.07. The van der Waals surface area contributed by atoms with Gasteiger partial charge in [0.05, 0.1) is 11.3 Å². The number of carboxylic acids is 1. The van der Waals surface area contributed by atoms with Crippen LogP contribution in [0.1, 0.15) is 26.3 Å². The lowest BCUT2D eigenvalue weighted by Gasteiger charge is -2.19. The van der Waals surface area contributed by atoms with Gasteiger partial charge in [-0.05, 0) is 31.2 Å². The first-order valence-corrected chi connectivity index (χ1v) is 6.17. The van der Waals surface area contributed by atoms with Crippen molar-refractivity contribution in [3.8, 4) is 0 Å². The highest BCUT2D eigenvalue weighted by Crippen LogP contribution is 2.21. The molecule has 0 aliphatic carbocycles. The molecule has 0 aliphatic heterocycles. The van der Waals surface area contributed by atoms with Crippen molar-refractivity contribution in [1.29, 1.82) is 0 Å². The zero-order valence-corrected chi connectivity index (χ0v) is 11.3. The van der Waals surface area contributed by atoms with Crippen molar-refractivity contribution in [3.05, 3.63) is 65.2 Å². The van der Waals surface area contributed by atoms with E-state index in [0.717, 1.165) is 5.56 Å². The van der Waals surface area contributed by atoms with Gasteiger partial charge in [-0.15, -0.1) is 0 Å². The molecule has 0 aliphatic rings. The van der Waals surface area contributed by atoms with Crippen LogP contribution in [0.3, 0.4) is 0 Å². The molecule has 0 radical (unpaired) electrons. The van der Waals surface area contributed by atoms with Crippen molar-refractivity contribution in [2.45, 2.75) is 6.92 Å². The number of hydrogen-bond acceptors (Lipinski definition) is 2. The predicted molar refractivity (Wildman–Crippen MR) is 77.3 cm³/mol. The van der Waals surface area contributed by atoms with Crippen LogP contribution in [0.25, 0.3) is 0 Å². The number of hydrogen-bond donors (Lipinski definition) is 1. The van der Waals surface area contributed by atoms with Gasteiger partial charge in [0.1, 0.15) is 0 Å². The summed E-state index contributed by atoms with van der Waals surface area (Å²) in [5.41, 5.74) is 2.01. The minimum absolute atomic E-state index is 0.107. The fraction of sp³-hybridized carbons (Fsp3) is 0.125. The number of aryl methyl sites for hydroxylation is 1. The molecule has 2 aromatic carbocycles. The summed E-state index contributed by atoms with van der Waals surface area (Å²) in [5, 5.41) is 9.17. The average molecular weight is 269 g/mol. The maximum Gasteiger partial charge on any atom is 0.337 e. The number of rotatable bonds is 3. The van der Waals surface area contributed by atoms with E-state index in [2.05, 4.69) is 0 Å². The highest BCUT2D eigenvalue weighted by molar-refractivity contribution is 6.09. The van der Waals surface area contributed by atoms with Crippen LogP contribution in [0, 0.1) is 6.92 Å². The number of anilines is 1. The number of benzene rings is 2. The van der Waals surface area contributed by atoms with Crippen molar-refractivity contribution >= 4 is 17.6 Å². The van der Waals surface area contributed by atoms with E-state index in [1.54, 1.807) is 43.4 Å².